The number of phenolic OH excluding ortho intramolecular Hbond substituents is 1. The number of aromatic hydroxyl groups is 1. The van der Waals surface area contributed by atoms with Crippen molar-refractivity contribution < 1.29 is 19.0 Å². The summed E-state index contributed by atoms with van der Waals surface area (Å²) in [6, 6.07) is 15.2. The van der Waals surface area contributed by atoms with Crippen LogP contribution >= 0.6 is 0 Å². The van der Waals surface area contributed by atoms with Crippen LogP contribution in [0.2, 0.25) is 0 Å². The van der Waals surface area contributed by atoms with Gasteiger partial charge < -0.3 is 20.9 Å². The average Bonchev–Trinajstić information content (AvgIpc) is 2.70. The van der Waals surface area contributed by atoms with Crippen LogP contribution in [0.3, 0.4) is 0 Å². The molecule has 144 valence electrons. The van der Waals surface area contributed by atoms with Gasteiger partial charge in [-0.25, -0.2) is 9.37 Å². The second-order valence-corrected chi connectivity index (χ2v) is 6.20. The van der Waals surface area contributed by atoms with Crippen molar-refractivity contribution in [1.29, 1.82) is 0 Å². The van der Waals surface area contributed by atoms with Gasteiger partial charge in [0.25, 0.3) is 0 Å². The lowest BCUT2D eigenvalue weighted by molar-refractivity contribution is -0.122. The summed E-state index contributed by atoms with van der Waals surface area (Å²) in [5, 5.41) is 12.1. The fourth-order valence-corrected chi connectivity index (χ4v) is 2.57. The number of carbonyl (C=O) groups excluding carboxylic acids is 1. The zero-order chi connectivity index (χ0) is 19.9. The van der Waals surface area contributed by atoms with E-state index >= 15 is 0 Å². The van der Waals surface area contributed by atoms with Crippen molar-refractivity contribution in [2.24, 2.45) is 5.73 Å². The summed E-state index contributed by atoms with van der Waals surface area (Å²) < 4.78 is 19.4. The van der Waals surface area contributed by atoms with Crippen LogP contribution in [0.5, 0.6) is 17.4 Å². The summed E-state index contributed by atoms with van der Waals surface area (Å²) in [7, 11) is 0. The Morgan fingerprint density at radius 3 is 2.64 bits per heavy atom. The van der Waals surface area contributed by atoms with E-state index in [1.807, 2.05) is 0 Å². The quantitative estimate of drug-likeness (QED) is 0.585. The minimum absolute atomic E-state index is 0.0535. The van der Waals surface area contributed by atoms with Crippen LogP contribution in [0.15, 0.2) is 66.9 Å². The third kappa shape index (κ3) is 5.05. The highest BCUT2D eigenvalue weighted by Crippen LogP contribution is 2.25. The molecule has 0 aliphatic heterocycles. The van der Waals surface area contributed by atoms with Gasteiger partial charge >= 0.3 is 0 Å². The molecule has 3 rings (SSSR count). The number of nitrogens with one attached hydrogen (secondary N) is 1. The highest BCUT2D eigenvalue weighted by molar-refractivity contribution is 5.81. The van der Waals surface area contributed by atoms with E-state index in [9.17, 15) is 14.3 Å². The Labute approximate surface area is 161 Å². The number of hydrogen-bond acceptors (Lipinski definition) is 5. The number of benzene rings is 2. The lowest BCUT2D eigenvalue weighted by Crippen LogP contribution is -2.41. The average molecular weight is 381 g/mol. The maximum Gasteiger partial charge on any atom is 0.237 e. The first-order valence-corrected chi connectivity index (χ1v) is 8.70. The molecule has 7 heteroatoms. The zero-order valence-corrected chi connectivity index (χ0v) is 15.0. The van der Waals surface area contributed by atoms with Gasteiger partial charge in [-0.2, -0.15) is 0 Å². The summed E-state index contributed by atoms with van der Waals surface area (Å²) in [5.41, 5.74) is 7.39. The van der Waals surface area contributed by atoms with Gasteiger partial charge in [0.05, 0.1) is 6.04 Å². The first-order chi connectivity index (χ1) is 13.5. The Kier molecular flexibility index (Phi) is 6.18. The number of phenols is 1. The van der Waals surface area contributed by atoms with E-state index in [0.29, 0.717) is 12.0 Å². The maximum atomic E-state index is 13.8. The molecule has 0 unspecified atom stereocenters. The Bertz CT molecular complexity index is 948. The van der Waals surface area contributed by atoms with E-state index < -0.39 is 11.9 Å². The monoisotopic (exact) mass is 381 g/mol. The molecule has 0 bridgehead atoms. The fourth-order valence-electron chi connectivity index (χ4n) is 2.57. The van der Waals surface area contributed by atoms with Crippen molar-refractivity contribution in [2.45, 2.75) is 19.0 Å². The Hall–Kier alpha value is -3.45. The van der Waals surface area contributed by atoms with E-state index in [-0.39, 0.29) is 29.8 Å². The molecule has 0 spiro atoms. The molecular formula is C21H20FN3O3. The van der Waals surface area contributed by atoms with E-state index in [1.165, 1.54) is 18.3 Å². The van der Waals surface area contributed by atoms with Crippen molar-refractivity contribution >= 4 is 5.91 Å². The topological polar surface area (TPSA) is 97.5 Å². The number of aromatic nitrogens is 1. The molecule has 1 heterocycles. The van der Waals surface area contributed by atoms with E-state index in [1.54, 1.807) is 48.5 Å². The molecule has 0 fully saturated rings. The van der Waals surface area contributed by atoms with Crippen molar-refractivity contribution in [1.82, 2.24) is 10.3 Å². The molecule has 1 amide bonds. The Morgan fingerprint density at radius 2 is 1.89 bits per heavy atom. The lowest BCUT2D eigenvalue weighted by Gasteiger charge is -2.14. The molecule has 0 aliphatic rings. The number of para-hydroxylation sites is 1. The van der Waals surface area contributed by atoms with Gasteiger partial charge in [-0.15, -0.1) is 0 Å². The van der Waals surface area contributed by atoms with Crippen molar-refractivity contribution in [3.8, 4) is 17.4 Å². The summed E-state index contributed by atoms with van der Waals surface area (Å²) in [6.45, 7) is 0.139. The minimum atomic E-state index is -0.753. The first-order valence-electron chi connectivity index (χ1n) is 8.70. The second-order valence-electron chi connectivity index (χ2n) is 6.20. The fraction of sp³-hybridized carbons (Fsp3) is 0.143. The van der Waals surface area contributed by atoms with Crippen LogP contribution in [-0.2, 0) is 17.8 Å². The van der Waals surface area contributed by atoms with Gasteiger partial charge in [0.1, 0.15) is 5.75 Å². The SMILES string of the molecule is N[C@@H](Cc1ccc(O)cc1)C(=O)NCc1cccnc1Oc1ccccc1F. The molecule has 0 radical (unpaired) electrons. The lowest BCUT2D eigenvalue weighted by atomic mass is 10.1. The molecule has 28 heavy (non-hydrogen) atoms. The van der Waals surface area contributed by atoms with E-state index in [2.05, 4.69) is 10.3 Å². The van der Waals surface area contributed by atoms with Crippen LogP contribution in [0.25, 0.3) is 0 Å². The molecule has 0 aliphatic carbocycles. The molecule has 1 aromatic heterocycles. The normalized spacial score (nSPS) is 11.6. The standard InChI is InChI=1S/C21H20FN3O3/c22-17-5-1-2-6-19(17)28-21-15(4-3-11-24-21)13-25-20(27)18(23)12-14-7-9-16(26)10-8-14/h1-11,18,26H,12-13,23H2,(H,25,27)/t18-/m0/s1. The zero-order valence-electron chi connectivity index (χ0n) is 15.0. The van der Waals surface area contributed by atoms with E-state index in [0.717, 1.165) is 5.56 Å². The molecule has 6 nitrogen and oxygen atoms in total. The molecule has 1 atom stereocenters. The number of nitrogens with two attached hydrogens (primary N) is 1. The molecule has 0 saturated heterocycles. The second kappa shape index (κ2) is 8.96. The number of pyridine rings is 1. The molecule has 0 saturated carbocycles. The van der Waals surface area contributed by atoms with Gasteiger partial charge in [-0.05, 0) is 42.3 Å². The predicted molar refractivity (Wildman–Crippen MR) is 102 cm³/mol. The number of ether oxygens (including phenoxy) is 1. The third-order valence-corrected chi connectivity index (χ3v) is 4.08. The van der Waals surface area contributed by atoms with Gasteiger partial charge in [0.15, 0.2) is 11.6 Å². The summed E-state index contributed by atoms with van der Waals surface area (Å²) >= 11 is 0. The van der Waals surface area contributed by atoms with Gasteiger partial charge in [-0.1, -0.05) is 30.3 Å². The van der Waals surface area contributed by atoms with Crippen LogP contribution in [0.1, 0.15) is 11.1 Å². The molecular weight excluding hydrogens is 361 g/mol. The summed E-state index contributed by atoms with van der Waals surface area (Å²) in [4.78, 5) is 16.4. The van der Waals surface area contributed by atoms with Crippen molar-refractivity contribution in [3.63, 3.8) is 0 Å². The third-order valence-electron chi connectivity index (χ3n) is 4.08. The van der Waals surface area contributed by atoms with Gasteiger partial charge in [0, 0.05) is 18.3 Å². The molecule has 3 aromatic rings. The first kappa shape index (κ1) is 19.3. The number of rotatable bonds is 7. The summed E-state index contributed by atoms with van der Waals surface area (Å²) in [5.74, 6) is -0.425. The van der Waals surface area contributed by atoms with Crippen LogP contribution in [0.4, 0.5) is 4.39 Å². The van der Waals surface area contributed by atoms with Crippen molar-refractivity contribution in [2.75, 3.05) is 0 Å². The minimum Gasteiger partial charge on any atom is -0.508 e. The largest absolute Gasteiger partial charge is 0.508 e. The van der Waals surface area contributed by atoms with Crippen LogP contribution in [-0.4, -0.2) is 22.0 Å². The van der Waals surface area contributed by atoms with Crippen LogP contribution < -0.4 is 15.8 Å². The summed E-state index contributed by atoms with van der Waals surface area (Å²) in [6.07, 6.45) is 1.86. The molecule has 4 N–H and O–H groups in total. The molecule has 2 aromatic carbocycles. The number of hydrogen-bond donors (Lipinski definition) is 3. The van der Waals surface area contributed by atoms with Crippen molar-refractivity contribution in [3.05, 3.63) is 83.8 Å². The van der Waals surface area contributed by atoms with Gasteiger partial charge in [-0.3, -0.25) is 4.79 Å². The highest BCUT2D eigenvalue weighted by atomic mass is 19.1. The number of amides is 1. The van der Waals surface area contributed by atoms with Crippen LogP contribution in [0, 0.1) is 5.82 Å². The number of carbonyl (C=O) groups is 1. The Morgan fingerprint density at radius 1 is 1.14 bits per heavy atom. The Balaban J connectivity index is 1.61. The maximum absolute atomic E-state index is 13.8. The number of nitrogens with zero attached hydrogens (tertiary/aromatic N) is 1. The highest BCUT2D eigenvalue weighted by Gasteiger charge is 2.15. The smallest absolute Gasteiger partial charge is 0.237 e. The van der Waals surface area contributed by atoms with Gasteiger partial charge in [0.2, 0.25) is 11.8 Å². The van der Waals surface area contributed by atoms with E-state index in [4.69, 9.17) is 10.5 Å². The number of halogens is 1. The predicted octanol–water partition coefficient (Wildman–Crippen LogP) is 2.90.